The molecule has 0 spiro atoms. The molecule has 0 saturated heterocycles. The topological polar surface area (TPSA) is 69.0 Å². The highest BCUT2D eigenvalue weighted by molar-refractivity contribution is 7.99. The number of para-hydroxylation sites is 1. The summed E-state index contributed by atoms with van der Waals surface area (Å²) in [7, 11) is 1.90. The summed E-state index contributed by atoms with van der Waals surface area (Å²) in [6.07, 6.45) is 7.20. The summed E-state index contributed by atoms with van der Waals surface area (Å²) < 4.78 is 7.59. The lowest BCUT2D eigenvalue weighted by Crippen LogP contribution is -2.35. The van der Waals surface area contributed by atoms with Crippen LogP contribution in [0, 0.1) is 0 Å². The molecule has 1 saturated carbocycles. The van der Waals surface area contributed by atoms with Crippen molar-refractivity contribution >= 4 is 17.7 Å². The van der Waals surface area contributed by atoms with E-state index in [1.54, 1.807) is 0 Å². The lowest BCUT2D eigenvalue weighted by atomic mass is 10.1. The molecule has 1 aromatic heterocycles. The molecule has 6 nitrogen and oxygen atoms in total. The van der Waals surface area contributed by atoms with E-state index in [4.69, 9.17) is 4.74 Å². The van der Waals surface area contributed by atoms with Gasteiger partial charge < -0.3 is 14.6 Å². The van der Waals surface area contributed by atoms with Gasteiger partial charge in [-0.2, -0.15) is 0 Å². The van der Waals surface area contributed by atoms with E-state index in [1.165, 1.54) is 37.4 Å². The Morgan fingerprint density at radius 2 is 1.92 bits per heavy atom. The van der Waals surface area contributed by atoms with E-state index >= 15 is 0 Å². The minimum Gasteiger partial charge on any atom is -0.486 e. The van der Waals surface area contributed by atoms with Crippen LogP contribution in [0.5, 0.6) is 5.75 Å². The maximum absolute atomic E-state index is 12.2. The van der Waals surface area contributed by atoms with Gasteiger partial charge in [-0.25, -0.2) is 0 Å². The van der Waals surface area contributed by atoms with E-state index in [1.807, 2.05) is 41.9 Å². The molecule has 1 aromatic carbocycles. The third-order valence-electron chi connectivity index (χ3n) is 4.59. The van der Waals surface area contributed by atoms with Crippen LogP contribution in [0.2, 0.25) is 0 Å². The van der Waals surface area contributed by atoms with Crippen LogP contribution in [0.25, 0.3) is 0 Å². The Morgan fingerprint density at radius 1 is 1.19 bits per heavy atom. The van der Waals surface area contributed by atoms with Gasteiger partial charge >= 0.3 is 0 Å². The first-order valence-corrected chi connectivity index (χ1v) is 10.2. The van der Waals surface area contributed by atoms with Crippen molar-refractivity contribution in [1.82, 2.24) is 20.1 Å². The number of hydrogen-bond donors (Lipinski definition) is 1. The fraction of sp³-hybridized carbons (Fsp3) is 0.526. The van der Waals surface area contributed by atoms with Crippen LogP contribution in [-0.4, -0.2) is 32.5 Å². The van der Waals surface area contributed by atoms with Crippen molar-refractivity contribution in [2.45, 2.75) is 56.3 Å². The fourth-order valence-corrected chi connectivity index (χ4v) is 3.83. The molecule has 0 aliphatic heterocycles. The van der Waals surface area contributed by atoms with Gasteiger partial charge in [-0.1, -0.05) is 55.6 Å². The summed E-state index contributed by atoms with van der Waals surface area (Å²) in [6.45, 7) is 0.350. The van der Waals surface area contributed by atoms with Gasteiger partial charge in [-0.05, 0) is 25.0 Å². The van der Waals surface area contributed by atoms with Crippen molar-refractivity contribution in [3.8, 4) is 5.75 Å². The smallest absolute Gasteiger partial charge is 0.230 e. The number of nitrogens with one attached hydrogen (secondary N) is 1. The Hall–Kier alpha value is -2.02. The monoisotopic (exact) mass is 374 g/mol. The van der Waals surface area contributed by atoms with E-state index < -0.39 is 0 Å². The maximum Gasteiger partial charge on any atom is 0.230 e. The lowest BCUT2D eigenvalue weighted by Gasteiger charge is -2.15. The van der Waals surface area contributed by atoms with Gasteiger partial charge in [0.15, 0.2) is 11.0 Å². The van der Waals surface area contributed by atoms with Gasteiger partial charge in [0.25, 0.3) is 0 Å². The number of hydrogen-bond acceptors (Lipinski definition) is 5. The normalized spacial score (nSPS) is 15.4. The molecule has 26 heavy (non-hydrogen) atoms. The van der Waals surface area contributed by atoms with Crippen LogP contribution >= 0.6 is 11.8 Å². The van der Waals surface area contributed by atoms with Crippen molar-refractivity contribution in [1.29, 1.82) is 0 Å². The number of amides is 1. The first kappa shape index (κ1) is 18.8. The highest BCUT2D eigenvalue weighted by Crippen LogP contribution is 2.19. The number of nitrogens with zero attached hydrogens (tertiary/aromatic N) is 3. The van der Waals surface area contributed by atoms with Crippen LogP contribution in [0.4, 0.5) is 0 Å². The first-order valence-electron chi connectivity index (χ1n) is 9.20. The number of rotatable bonds is 7. The molecule has 0 bridgehead atoms. The van der Waals surface area contributed by atoms with E-state index in [2.05, 4.69) is 15.5 Å². The molecule has 0 atom stereocenters. The average Bonchev–Trinajstić information content (AvgIpc) is 2.84. The summed E-state index contributed by atoms with van der Waals surface area (Å²) in [4.78, 5) is 12.2. The largest absolute Gasteiger partial charge is 0.486 e. The molecule has 2 aromatic rings. The average molecular weight is 375 g/mol. The van der Waals surface area contributed by atoms with Crippen LogP contribution in [0.1, 0.15) is 44.3 Å². The van der Waals surface area contributed by atoms with Gasteiger partial charge in [-0.15, -0.1) is 10.2 Å². The van der Waals surface area contributed by atoms with Crippen molar-refractivity contribution in [3.63, 3.8) is 0 Å². The van der Waals surface area contributed by atoms with Gasteiger partial charge in [0.2, 0.25) is 5.91 Å². The van der Waals surface area contributed by atoms with E-state index in [0.717, 1.165) is 29.6 Å². The number of ether oxygens (including phenoxy) is 1. The van der Waals surface area contributed by atoms with Gasteiger partial charge in [0, 0.05) is 13.1 Å². The van der Waals surface area contributed by atoms with Crippen molar-refractivity contribution in [2.75, 3.05) is 5.75 Å². The van der Waals surface area contributed by atoms with Gasteiger partial charge in [-0.3, -0.25) is 4.79 Å². The number of thioether (sulfide) groups is 1. The Balaban J connectivity index is 1.46. The zero-order valence-corrected chi connectivity index (χ0v) is 16.0. The molecular weight excluding hydrogens is 348 g/mol. The molecule has 3 rings (SSSR count). The van der Waals surface area contributed by atoms with Crippen LogP contribution < -0.4 is 10.1 Å². The number of aromatic nitrogens is 3. The highest BCUT2D eigenvalue weighted by Gasteiger charge is 2.16. The second-order valence-corrected chi connectivity index (χ2v) is 7.55. The van der Waals surface area contributed by atoms with Gasteiger partial charge in [0.05, 0.1) is 5.75 Å². The van der Waals surface area contributed by atoms with Crippen molar-refractivity contribution in [2.24, 2.45) is 7.05 Å². The molecule has 1 N–H and O–H groups in total. The Labute approximate surface area is 158 Å². The SMILES string of the molecule is Cn1c(COc2ccccc2)nnc1SCC(=O)NC1CCCCCC1. The molecule has 1 heterocycles. The Kier molecular flexibility index (Phi) is 6.94. The molecular formula is C19H26N4O2S. The van der Waals surface area contributed by atoms with Crippen LogP contribution in [0.3, 0.4) is 0 Å². The maximum atomic E-state index is 12.2. The predicted octanol–water partition coefficient (Wildman–Crippen LogP) is 3.33. The number of carbonyl (C=O) groups is 1. The molecule has 1 fully saturated rings. The molecule has 7 heteroatoms. The summed E-state index contributed by atoms with van der Waals surface area (Å²) in [6, 6.07) is 9.96. The highest BCUT2D eigenvalue weighted by atomic mass is 32.2. The first-order chi connectivity index (χ1) is 12.7. The van der Waals surface area contributed by atoms with Crippen LogP contribution in [0.15, 0.2) is 35.5 Å². The van der Waals surface area contributed by atoms with Crippen molar-refractivity contribution in [3.05, 3.63) is 36.2 Å². The molecule has 0 unspecified atom stereocenters. The van der Waals surface area contributed by atoms with Crippen LogP contribution in [-0.2, 0) is 18.4 Å². The lowest BCUT2D eigenvalue weighted by molar-refractivity contribution is -0.119. The summed E-state index contributed by atoms with van der Waals surface area (Å²) in [5.41, 5.74) is 0. The zero-order valence-electron chi connectivity index (χ0n) is 15.2. The third kappa shape index (κ3) is 5.49. The molecule has 1 aliphatic rings. The number of benzene rings is 1. The fourth-order valence-electron chi connectivity index (χ4n) is 3.08. The molecule has 140 valence electrons. The number of carbonyl (C=O) groups excluding carboxylic acids is 1. The second kappa shape index (κ2) is 9.62. The summed E-state index contributed by atoms with van der Waals surface area (Å²) >= 11 is 1.41. The summed E-state index contributed by atoms with van der Waals surface area (Å²) in [5, 5.41) is 12.2. The van der Waals surface area contributed by atoms with Crippen molar-refractivity contribution < 1.29 is 9.53 Å². The molecule has 1 aliphatic carbocycles. The van der Waals surface area contributed by atoms with E-state index in [0.29, 0.717) is 18.4 Å². The minimum atomic E-state index is 0.0759. The third-order valence-corrected chi connectivity index (χ3v) is 5.61. The summed E-state index contributed by atoms with van der Waals surface area (Å²) in [5.74, 6) is 1.97. The quantitative estimate of drug-likeness (QED) is 0.595. The Morgan fingerprint density at radius 3 is 2.65 bits per heavy atom. The minimum absolute atomic E-state index is 0.0759. The molecule has 1 amide bonds. The van der Waals surface area contributed by atoms with Gasteiger partial charge in [0.1, 0.15) is 12.4 Å². The standard InChI is InChI=1S/C19H26N4O2S/c1-23-17(13-25-16-11-7-4-8-12-16)21-22-19(23)26-14-18(24)20-15-9-5-2-3-6-10-15/h4,7-8,11-12,15H,2-3,5-6,9-10,13-14H2,1H3,(H,20,24). The second-order valence-electron chi connectivity index (χ2n) is 6.60. The van der Waals surface area contributed by atoms with E-state index in [-0.39, 0.29) is 5.91 Å². The predicted molar refractivity (Wildman–Crippen MR) is 102 cm³/mol. The zero-order chi connectivity index (χ0) is 18.2. The van der Waals surface area contributed by atoms with E-state index in [9.17, 15) is 4.79 Å². The molecule has 0 radical (unpaired) electrons. The Bertz CT molecular complexity index is 697.